The van der Waals surface area contributed by atoms with Gasteiger partial charge in [0.25, 0.3) is 11.8 Å². The van der Waals surface area contributed by atoms with Gasteiger partial charge in [-0.3, -0.25) is 25.2 Å². The van der Waals surface area contributed by atoms with Crippen molar-refractivity contribution in [3.8, 4) is 0 Å². The van der Waals surface area contributed by atoms with Crippen LogP contribution in [0, 0.1) is 5.92 Å². The molecule has 0 spiro atoms. The maximum Gasteiger partial charge on any atom is 0.251 e. The van der Waals surface area contributed by atoms with E-state index < -0.39 is 17.7 Å². The molecule has 1 fully saturated rings. The Kier molecular flexibility index (Phi) is 4.01. The van der Waals surface area contributed by atoms with Gasteiger partial charge < -0.3 is 5.32 Å². The van der Waals surface area contributed by atoms with E-state index in [0.29, 0.717) is 5.02 Å². The maximum absolute atomic E-state index is 11.7. The van der Waals surface area contributed by atoms with Crippen LogP contribution in [0.5, 0.6) is 0 Å². The van der Waals surface area contributed by atoms with E-state index in [9.17, 15) is 14.4 Å². The molecule has 0 unspecified atom stereocenters. The molecule has 1 heterocycles. The molecule has 0 bridgehead atoms. The van der Waals surface area contributed by atoms with Crippen LogP contribution in [0.25, 0.3) is 0 Å². The second kappa shape index (κ2) is 5.71. The molecule has 1 saturated heterocycles. The average Bonchev–Trinajstić information content (AvgIpc) is 2.70. The molecule has 3 N–H and O–H groups in total. The minimum Gasteiger partial charge on any atom is -0.352 e. The van der Waals surface area contributed by atoms with Gasteiger partial charge in [0, 0.05) is 18.0 Å². The lowest BCUT2D eigenvalue weighted by molar-refractivity contribution is -0.133. The van der Waals surface area contributed by atoms with Crippen molar-refractivity contribution in [2.45, 2.75) is 13.0 Å². The second-order valence-electron chi connectivity index (χ2n) is 4.10. The standard InChI is InChI=1S/C12H12ClN3O3/c13-9-4-2-1-3-7(9)6-14-10(17)5-8-11(18)15-16-12(8)19/h1-4,8H,5-6H2,(H,14,17)(H,15,18)(H,16,19). The summed E-state index contributed by atoms with van der Waals surface area (Å²) in [4.78, 5) is 34.2. The Hall–Kier alpha value is -2.08. The number of carbonyl (C=O) groups is 3. The van der Waals surface area contributed by atoms with Gasteiger partial charge in [-0.25, -0.2) is 0 Å². The van der Waals surface area contributed by atoms with Gasteiger partial charge in [-0.15, -0.1) is 0 Å². The van der Waals surface area contributed by atoms with Crippen LogP contribution in [0.3, 0.4) is 0 Å². The highest BCUT2D eigenvalue weighted by Crippen LogP contribution is 2.14. The predicted octanol–water partition coefficient (Wildman–Crippen LogP) is 0.124. The summed E-state index contributed by atoms with van der Waals surface area (Å²) in [6.07, 6.45) is -0.178. The fourth-order valence-corrected chi connectivity index (χ4v) is 1.90. The van der Waals surface area contributed by atoms with E-state index in [1.54, 1.807) is 18.2 Å². The summed E-state index contributed by atoms with van der Waals surface area (Å²) < 4.78 is 0. The first-order chi connectivity index (χ1) is 9.08. The normalized spacial score (nSPS) is 15.0. The van der Waals surface area contributed by atoms with Crippen molar-refractivity contribution in [2.24, 2.45) is 5.92 Å². The van der Waals surface area contributed by atoms with Gasteiger partial charge in [-0.05, 0) is 11.6 Å². The third-order valence-electron chi connectivity index (χ3n) is 2.77. The number of nitrogens with one attached hydrogen (secondary N) is 3. The molecule has 0 aromatic heterocycles. The zero-order valence-corrected chi connectivity index (χ0v) is 10.7. The summed E-state index contributed by atoms with van der Waals surface area (Å²) >= 11 is 5.94. The van der Waals surface area contributed by atoms with Gasteiger partial charge in [-0.1, -0.05) is 29.8 Å². The van der Waals surface area contributed by atoms with Crippen molar-refractivity contribution >= 4 is 29.3 Å². The number of hydrogen-bond donors (Lipinski definition) is 3. The number of halogens is 1. The fourth-order valence-electron chi connectivity index (χ4n) is 1.70. The Morgan fingerprint density at radius 1 is 1.21 bits per heavy atom. The van der Waals surface area contributed by atoms with Crippen LogP contribution in [0.4, 0.5) is 0 Å². The van der Waals surface area contributed by atoms with E-state index in [1.165, 1.54) is 0 Å². The molecule has 6 nitrogen and oxygen atoms in total. The van der Waals surface area contributed by atoms with Gasteiger partial charge >= 0.3 is 0 Å². The molecule has 19 heavy (non-hydrogen) atoms. The molecule has 7 heteroatoms. The van der Waals surface area contributed by atoms with Crippen LogP contribution in [0.15, 0.2) is 24.3 Å². The quantitative estimate of drug-likeness (QED) is 0.685. The molecule has 0 radical (unpaired) electrons. The van der Waals surface area contributed by atoms with Gasteiger partial charge in [0.2, 0.25) is 5.91 Å². The molecule has 100 valence electrons. The van der Waals surface area contributed by atoms with Crippen LogP contribution in [0.1, 0.15) is 12.0 Å². The molecular weight excluding hydrogens is 270 g/mol. The van der Waals surface area contributed by atoms with Gasteiger partial charge in [0.1, 0.15) is 5.92 Å². The highest BCUT2D eigenvalue weighted by atomic mass is 35.5. The van der Waals surface area contributed by atoms with Gasteiger partial charge in [0.15, 0.2) is 0 Å². The number of benzene rings is 1. The Morgan fingerprint density at radius 3 is 2.47 bits per heavy atom. The molecule has 1 aromatic carbocycles. The summed E-state index contributed by atoms with van der Waals surface area (Å²) in [5, 5.41) is 3.18. The van der Waals surface area contributed by atoms with Crippen molar-refractivity contribution in [2.75, 3.05) is 0 Å². The smallest absolute Gasteiger partial charge is 0.251 e. The second-order valence-corrected chi connectivity index (χ2v) is 4.51. The van der Waals surface area contributed by atoms with Crippen molar-refractivity contribution in [1.82, 2.24) is 16.2 Å². The number of hydrogen-bond acceptors (Lipinski definition) is 3. The van der Waals surface area contributed by atoms with Crippen LogP contribution in [-0.4, -0.2) is 17.7 Å². The zero-order chi connectivity index (χ0) is 13.8. The van der Waals surface area contributed by atoms with E-state index in [0.717, 1.165) is 5.56 Å². The van der Waals surface area contributed by atoms with E-state index in [4.69, 9.17) is 11.6 Å². The average molecular weight is 282 g/mol. The molecule has 3 amide bonds. The third-order valence-corrected chi connectivity index (χ3v) is 3.13. The summed E-state index contributed by atoms with van der Waals surface area (Å²) in [7, 11) is 0. The largest absolute Gasteiger partial charge is 0.352 e. The summed E-state index contributed by atoms with van der Waals surface area (Å²) in [5.74, 6) is -2.32. The van der Waals surface area contributed by atoms with Crippen molar-refractivity contribution in [3.05, 3.63) is 34.9 Å². The molecule has 1 aliphatic rings. The number of hydrazine groups is 1. The van der Waals surface area contributed by atoms with E-state index in [2.05, 4.69) is 16.2 Å². The van der Waals surface area contributed by atoms with Crippen molar-refractivity contribution in [1.29, 1.82) is 0 Å². The van der Waals surface area contributed by atoms with Crippen LogP contribution < -0.4 is 16.2 Å². The Labute approximate surface area is 114 Å². The highest BCUT2D eigenvalue weighted by molar-refractivity contribution is 6.31. The third kappa shape index (κ3) is 3.23. The number of amides is 3. The minimum absolute atomic E-state index is 0.178. The van der Waals surface area contributed by atoms with Crippen molar-refractivity contribution in [3.63, 3.8) is 0 Å². The molecule has 0 atom stereocenters. The summed E-state index contributed by atoms with van der Waals surface area (Å²) in [6, 6.07) is 7.12. The Bertz CT molecular complexity index is 517. The zero-order valence-electron chi connectivity index (χ0n) is 9.90. The highest BCUT2D eigenvalue weighted by Gasteiger charge is 2.34. The minimum atomic E-state index is -0.966. The summed E-state index contributed by atoms with van der Waals surface area (Å²) in [6.45, 7) is 0.258. The van der Waals surface area contributed by atoms with Crippen LogP contribution >= 0.6 is 11.6 Å². The monoisotopic (exact) mass is 281 g/mol. The molecular formula is C12H12ClN3O3. The lowest BCUT2D eigenvalue weighted by atomic mass is 10.1. The lowest BCUT2D eigenvalue weighted by Crippen LogP contribution is -2.30. The molecule has 2 rings (SSSR count). The Morgan fingerprint density at radius 2 is 1.84 bits per heavy atom. The predicted molar refractivity (Wildman–Crippen MR) is 67.7 cm³/mol. The topological polar surface area (TPSA) is 87.3 Å². The lowest BCUT2D eigenvalue weighted by Gasteiger charge is -2.08. The van der Waals surface area contributed by atoms with E-state index in [1.807, 2.05) is 6.07 Å². The summed E-state index contributed by atoms with van der Waals surface area (Å²) in [5.41, 5.74) is 5.11. The maximum atomic E-state index is 11.7. The van der Waals surface area contributed by atoms with E-state index in [-0.39, 0.29) is 18.9 Å². The number of rotatable bonds is 4. The van der Waals surface area contributed by atoms with Crippen LogP contribution in [0.2, 0.25) is 5.02 Å². The Balaban J connectivity index is 1.87. The first kappa shape index (κ1) is 13.4. The van der Waals surface area contributed by atoms with Gasteiger partial charge in [0.05, 0.1) is 0 Å². The molecule has 1 aromatic rings. The molecule has 1 aliphatic heterocycles. The molecule has 0 saturated carbocycles. The first-order valence-corrected chi connectivity index (χ1v) is 6.05. The van der Waals surface area contributed by atoms with Gasteiger partial charge in [-0.2, -0.15) is 0 Å². The number of carbonyl (C=O) groups excluding carboxylic acids is 3. The van der Waals surface area contributed by atoms with Crippen LogP contribution in [-0.2, 0) is 20.9 Å². The molecule has 0 aliphatic carbocycles. The first-order valence-electron chi connectivity index (χ1n) is 5.67. The fraction of sp³-hybridized carbons (Fsp3) is 0.250. The SMILES string of the molecule is O=C(CC1C(=O)NNC1=O)NCc1ccccc1Cl. The van der Waals surface area contributed by atoms with Crippen molar-refractivity contribution < 1.29 is 14.4 Å². The van der Waals surface area contributed by atoms with E-state index >= 15 is 0 Å².